The lowest BCUT2D eigenvalue weighted by molar-refractivity contribution is 0.489. The smallest absolute Gasteiger partial charge is 0.111 e. The van der Waals surface area contributed by atoms with E-state index < -0.39 is 0 Å². The first-order chi connectivity index (χ1) is 11.7. The van der Waals surface area contributed by atoms with Gasteiger partial charge in [-0.1, -0.05) is 12.1 Å². The van der Waals surface area contributed by atoms with Crippen molar-refractivity contribution in [2.24, 2.45) is 7.05 Å². The third-order valence-corrected chi connectivity index (χ3v) is 5.27. The maximum atomic E-state index is 4.64. The van der Waals surface area contributed by atoms with Gasteiger partial charge in [-0.15, -0.1) is 0 Å². The Labute approximate surface area is 142 Å². The Morgan fingerprint density at radius 2 is 2.12 bits per heavy atom. The Morgan fingerprint density at radius 1 is 1.25 bits per heavy atom. The largest absolute Gasteiger partial charge is 0.338 e. The van der Waals surface area contributed by atoms with Crippen LogP contribution in [0.3, 0.4) is 0 Å². The van der Waals surface area contributed by atoms with Crippen molar-refractivity contribution in [3.8, 4) is 0 Å². The topological polar surface area (TPSA) is 47.7 Å². The van der Waals surface area contributed by atoms with E-state index in [1.807, 2.05) is 18.5 Å². The predicted octanol–water partition coefficient (Wildman–Crippen LogP) is 3.00. The molecule has 2 aromatic heterocycles. The Bertz CT molecular complexity index is 831. The van der Waals surface area contributed by atoms with Gasteiger partial charge in [-0.05, 0) is 38.3 Å². The second-order valence-electron chi connectivity index (χ2n) is 6.86. The zero-order valence-electron chi connectivity index (χ0n) is 14.4. The highest BCUT2D eigenvalue weighted by Crippen LogP contribution is 2.33. The molecule has 2 heterocycles. The average molecular weight is 323 g/mol. The van der Waals surface area contributed by atoms with Crippen LogP contribution in [0, 0.1) is 6.92 Å². The SMILES string of the molecule is Cc1nc2ccccc2n1CCNC1CCC(c2nccn2C)C1. The number of nitrogens with one attached hydrogen (secondary N) is 1. The van der Waals surface area contributed by atoms with Gasteiger partial charge < -0.3 is 14.5 Å². The van der Waals surface area contributed by atoms with Gasteiger partial charge in [-0.2, -0.15) is 0 Å². The molecule has 0 bridgehead atoms. The number of hydrogen-bond acceptors (Lipinski definition) is 3. The lowest BCUT2D eigenvalue weighted by Gasteiger charge is -2.14. The van der Waals surface area contributed by atoms with Crippen LogP contribution in [0.2, 0.25) is 0 Å². The first-order valence-electron chi connectivity index (χ1n) is 8.85. The fourth-order valence-electron chi connectivity index (χ4n) is 4.03. The molecule has 0 amide bonds. The molecule has 5 heteroatoms. The van der Waals surface area contributed by atoms with Gasteiger partial charge in [0.2, 0.25) is 0 Å². The van der Waals surface area contributed by atoms with E-state index in [1.165, 1.54) is 30.6 Å². The predicted molar refractivity (Wildman–Crippen MR) is 96.1 cm³/mol. The van der Waals surface area contributed by atoms with Crippen molar-refractivity contribution < 1.29 is 0 Å². The Balaban J connectivity index is 1.35. The molecular weight excluding hydrogens is 298 g/mol. The van der Waals surface area contributed by atoms with E-state index in [0.29, 0.717) is 12.0 Å². The molecule has 126 valence electrons. The molecule has 1 fully saturated rings. The van der Waals surface area contributed by atoms with E-state index in [4.69, 9.17) is 0 Å². The highest BCUT2D eigenvalue weighted by molar-refractivity contribution is 5.75. The van der Waals surface area contributed by atoms with Crippen molar-refractivity contribution in [1.29, 1.82) is 0 Å². The van der Waals surface area contributed by atoms with Gasteiger partial charge in [0.25, 0.3) is 0 Å². The summed E-state index contributed by atoms with van der Waals surface area (Å²) >= 11 is 0. The van der Waals surface area contributed by atoms with E-state index in [1.54, 1.807) is 0 Å². The van der Waals surface area contributed by atoms with Crippen molar-refractivity contribution in [3.63, 3.8) is 0 Å². The van der Waals surface area contributed by atoms with E-state index in [0.717, 1.165) is 24.4 Å². The summed E-state index contributed by atoms with van der Waals surface area (Å²) in [5, 5.41) is 3.74. The summed E-state index contributed by atoms with van der Waals surface area (Å²) in [6.07, 6.45) is 7.61. The van der Waals surface area contributed by atoms with Gasteiger partial charge in [0.15, 0.2) is 0 Å². The highest BCUT2D eigenvalue weighted by atomic mass is 15.1. The summed E-state index contributed by atoms with van der Waals surface area (Å²) in [5.74, 6) is 2.92. The number of benzene rings is 1. The van der Waals surface area contributed by atoms with Crippen LogP contribution in [0.1, 0.15) is 36.8 Å². The van der Waals surface area contributed by atoms with Crippen molar-refractivity contribution in [3.05, 3.63) is 48.3 Å². The molecule has 5 nitrogen and oxygen atoms in total. The van der Waals surface area contributed by atoms with Crippen molar-refractivity contribution in [2.75, 3.05) is 6.54 Å². The molecule has 0 saturated heterocycles. The second-order valence-corrected chi connectivity index (χ2v) is 6.86. The Kier molecular flexibility index (Phi) is 4.10. The number of hydrogen-bond donors (Lipinski definition) is 1. The molecule has 0 spiro atoms. The first kappa shape index (κ1) is 15.4. The molecule has 4 rings (SSSR count). The standard InChI is InChI=1S/C19H25N5/c1-14-22-17-5-3-4-6-18(17)24(14)12-10-20-16-8-7-15(13-16)19-21-9-11-23(19)2/h3-6,9,11,15-16,20H,7-8,10,12-13H2,1-2H3. The number of rotatable bonds is 5. The monoisotopic (exact) mass is 323 g/mol. The van der Waals surface area contributed by atoms with E-state index >= 15 is 0 Å². The summed E-state index contributed by atoms with van der Waals surface area (Å²) in [6, 6.07) is 8.97. The van der Waals surface area contributed by atoms with Gasteiger partial charge in [-0.3, -0.25) is 0 Å². The third kappa shape index (κ3) is 2.84. The molecule has 1 aromatic carbocycles. The highest BCUT2D eigenvalue weighted by Gasteiger charge is 2.27. The number of para-hydroxylation sites is 2. The fourth-order valence-corrected chi connectivity index (χ4v) is 4.03. The molecule has 2 unspecified atom stereocenters. The zero-order valence-corrected chi connectivity index (χ0v) is 14.4. The average Bonchev–Trinajstić information content (AvgIpc) is 3.27. The van der Waals surface area contributed by atoms with Crippen LogP contribution in [0.5, 0.6) is 0 Å². The molecule has 1 N–H and O–H groups in total. The number of aromatic nitrogens is 4. The van der Waals surface area contributed by atoms with Gasteiger partial charge in [0, 0.05) is 44.5 Å². The Morgan fingerprint density at radius 3 is 2.96 bits per heavy atom. The lowest BCUT2D eigenvalue weighted by Crippen LogP contribution is -2.30. The van der Waals surface area contributed by atoms with Gasteiger partial charge in [0.1, 0.15) is 11.6 Å². The zero-order chi connectivity index (χ0) is 16.5. The fraction of sp³-hybridized carbons (Fsp3) is 0.474. The van der Waals surface area contributed by atoms with Crippen LogP contribution >= 0.6 is 0 Å². The quantitative estimate of drug-likeness (QED) is 0.785. The summed E-state index contributed by atoms with van der Waals surface area (Å²) in [5.41, 5.74) is 2.32. The maximum Gasteiger partial charge on any atom is 0.111 e. The van der Waals surface area contributed by atoms with E-state index in [2.05, 4.69) is 56.6 Å². The van der Waals surface area contributed by atoms with Crippen LogP contribution in [0.25, 0.3) is 11.0 Å². The molecule has 2 atom stereocenters. The minimum Gasteiger partial charge on any atom is -0.338 e. The van der Waals surface area contributed by atoms with Gasteiger partial charge in [0.05, 0.1) is 11.0 Å². The van der Waals surface area contributed by atoms with E-state index in [9.17, 15) is 0 Å². The normalized spacial score (nSPS) is 20.9. The van der Waals surface area contributed by atoms with Crippen molar-refractivity contribution >= 4 is 11.0 Å². The minimum absolute atomic E-state index is 0.596. The van der Waals surface area contributed by atoms with Crippen LogP contribution in [-0.4, -0.2) is 31.7 Å². The maximum absolute atomic E-state index is 4.64. The molecule has 24 heavy (non-hydrogen) atoms. The molecule has 3 aromatic rings. The van der Waals surface area contributed by atoms with Gasteiger partial charge >= 0.3 is 0 Å². The molecule has 0 aliphatic heterocycles. The second kappa shape index (κ2) is 6.40. The van der Waals surface area contributed by atoms with Gasteiger partial charge in [-0.25, -0.2) is 9.97 Å². The summed E-state index contributed by atoms with van der Waals surface area (Å²) in [7, 11) is 2.09. The molecule has 1 aliphatic carbocycles. The van der Waals surface area contributed by atoms with Crippen LogP contribution in [-0.2, 0) is 13.6 Å². The Hall–Kier alpha value is -2.14. The van der Waals surface area contributed by atoms with Crippen molar-refractivity contribution in [1.82, 2.24) is 24.4 Å². The number of aryl methyl sites for hydroxylation is 2. The summed E-state index contributed by atoms with van der Waals surface area (Å²) in [6.45, 7) is 4.04. The molecule has 0 radical (unpaired) electrons. The number of imidazole rings is 2. The van der Waals surface area contributed by atoms with Crippen molar-refractivity contribution in [2.45, 2.75) is 44.7 Å². The molecule has 1 aliphatic rings. The molecular formula is C19H25N5. The first-order valence-corrected chi connectivity index (χ1v) is 8.85. The van der Waals surface area contributed by atoms with E-state index in [-0.39, 0.29) is 0 Å². The minimum atomic E-state index is 0.596. The van der Waals surface area contributed by atoms with Crippen LogP contribution in [0.15, 0.2) is 36.7 Å². The number of fused-ring (bicyclic) bond motifs is 1. The van der Waals surface area contributed by atoms with Crippen LogP contribution in [0.4, 0.5) is 0 Å². The molecule has 1 saturated carbocycles. The third-order valence-electron chi connectivity index (χ3n) is 5.27. The van der Waals surface area contributed by atoms with Crippen LogP contribution < -0.4 is 5.32 Å². The number of nitrogens with zero attached hydrogens (tertiary/aromatic N) is 4. The lowest BCUT2D eigenvalue weighted by atomic mass is 10.1. The summed E-state index contributed by atoms with van der Waals surface area (Å²) in [4.78, 5) is 9.16. The summed E-state index contributed by atoms with van der Waals surface area (Å²) < 4.78 is 4.47.